The Balaban J connectivity index is 1.75. The Morgan fingerprint density at radius 2 is 1.75 bits per heavy atom. The summed E-state index contributed by atoms with van der Waals surface area (Å²) in [6.45, 7) is 0. The predicted octanol–water partition coefficient (Wildman–Crippen LogP) is 3.61. The summed E-state index contributed by atoms with van der Waals surface area (Å²) >= 11 is 1.57. The van der Waals surface area contributed by atoms with Crippen LogP contribution in [-0.4, -0.2) is 31.5 Å². The van der Waals surface area contributed by atoms with E-state index in [-0.39, 0.29) is 0 Å². The Bertz CT molecular complexity index is 774. The molecule has 0 radical (unpaired) electrons. The lowest BCUT2D eigenvalue weighted by Crippen LogP contribution is -1.98. The van der Waals surface area contributed by atoms with Crippen molar-refractivity contribution in [2.24, 2.45) is 0 Å². The number of ether oxygens (including phenoxy) is 3. The van der Waals surface area contributed by atoms with Crippen molar-refractivity contribution in [2.75, 3.05) is 21.3 Å². The molecule has 0 aliphatic heterocycles. The van der Waals surface area contributed by atoms with Gasteiger partial charge in [0.2, 0.25) is 11.6 Å². The molecule has 0 aliphatic carbocycles. The summed E-state index contributed by atoms with van der Waals surface area (Å²) < 4.78 is 21.8. The number of thiophene rings is 1. The topological polar surface area (TPSA) is 66.6 Å². The third-order valence-electron chi connectivity index (χ3n) is 3.55. The Morgan fingerprint density at radius 3 is 2.33 bits per heavy atom. The molecular formula is C17H18N2O4S. The summed E-state index contributed by atoms with van der Waals surface area (Å²) in [6, 6.07) is 7.77. The maximum Gasteiger partial charge on any atom is 0.257 e. The van der Waals surface area contributed by atoms with Crippen LogP contribution in [0.4, 0.5) is 0 Å². The van der Waals surface area contributed by atoms with Crippen LogP contribution < -0.4 is 14.2 Å². The second-order valence-electron chi connectivity index (χ2n) is 5.01. The highest BCUT2D eigenvalue weighted by molar-refractivity contribution is 7.13. The van der Waals surface area contributed by atoms with Crippen molar-refractivity contribution in [3.63, 3.8) is 0 Å². The number of nitrogens with zero attached hydrogens (tertiary/aromatic N) is 2. The van der Waals surface area contributed by atoms with Crippen molar-refractivity contribution in [2.45, 2.75) is 12.8 Å². The van der Waals surface area contributed by atoms with Crippen LogP contribution in [0.1, 0.15) is 11.5 Å². The van der Waals surface area contributed by atoms with Crippen molar-refractivity contribution in [3.8, 4) is 28.0 Å². The molecule has 0 aliphatic rings. The van der Waals surface area contributed by atoms with Crippen LogP contribution in [0.3, 0.4) is 0 Å². The normalized spacial score (nSPS) is 10.6. The van der Waals surface area contributed by atoms with Crippen LogP contribution in [-0.2, 0) is 12.8 Å². The van der Waals surface area contributed by atoms with Gasteiger partial charge in [0.1, 0.15) is 0 Å². The fourth-order valence-electron chi connectivity index (χ4n) is 2.39. The Morgan fingerprint density at radius 1 is 1.00 bits per heavy atom. The molecule has 3 aromatic rings. The first-order chi connectivity index (χ1) is 11.7. The second-order valence-corrected chi connectivity index (χ2v) is 5.96. The number of aromatic nitrogens is 2. The smallest absolute Gasteiger partial charge is 0.257 e. The van der Waals surface area contributed by atoms with Gasteiger partial charge in [0.25, 0.3) is 5.89 Å². The van der Waals surface area contributed by atoms with Gasteiger partial charge in [-0.05, 0) is 35.6 Å². The molecule has 0 N–H and O–H groups in total. The van der Waals surface area contributed by atoms with Crippen molar-refractivity contribution in [1.29, 1.82) is 0 Å². The summed E-state index contributed by atoms with van der Waals surface area (Å²) in [5.41, 5.74) is 1.04. The van der Waals surface area contributed by atoms with E-state index in [1.165, 1.54) is 0 Å². The van der Waals surface area contributed by atoms with E-state index in [2.05, 4.69) is 10.2 Å². The van der Waals surface area contributed by atoms with Crippen LogP contribution in [0.2, 0.25) is 0 Å². The highest BCUT2D eigenvalue weighted by atomic mass is 32.1. The minimum absolute atomic E-state index is 0.560. The largest absolute Gasteiger partial charge is 0.493 e. The van der Waals surface area contributed by atoms with E-state index < -0.39 is 0 Å². The Hall–Kier alpha value is -2.54. The molecule has 0 saturated carbocycles. The van der Waals surface area contributed by atoms with Gasteiger partial charge in [0.15, 0.2) is 11.5 Å². The maximum atomic E-state index is 5.71. The fraction of sp³-hybridized carbons (Fsp3) is 0.294. The third-order valence-corrected chi connectivity index (χ3v) is 4.41. The molecule has 0 fully saturated rings. The molecule has 3 rings (SSSR count). The van der Waals surface area contributed by atoms with Crippen molar-refractivity contribution in [3.05, 3.63) is 41.1 Å². The van der Waals surface area contributed by atoms with Gasteiger partial charge < -0.3 is 18.6 Å². The highest BCUT2D eigenvalue weighted by Crippen LogP contribution is 2.38. The zero-order valence-corrected chi connectivity index (χ0v) is 14.6. The quantitative estimate of drug-likeness (QED) is 0.651. The third kappa shape index (κ3) is 3.35. The number of methoxy groups -OCH3 is 3. The summed E-state index contributed by atoms with van der Waals surface area (Å²) in [4.78, 5) is 0.974. The molecule has 0 bridgehead atoms. The van der Waals surface area contributed by atoms with Gasteiger partial charge in [-0.25, -0.2) is 0 Å². The Kier molecular flexibility index (Phi) is 5.00. The lowest BCUT2D eigenvalue weighted by Gasteiger charge is -2.13. The predicted molar refractivity (Wildman–Crippen MR) is 91.1 cm³/mol. The molecule has 0 saturated heterocycles. The molecule has 7 heteroatoms. The first-order valence-corrected chi connectivity index (χ1v) is 8.28. The van der Waals surface area contributed by atoms with Gasteiger partial charge in [-0.1, -0.05) is 6.07 Å². The van der Waals surface area contributed by atoms with Crippen LogP contribution in [0, 0.1) is 0 Å². The van der Waals surface area contributed by atoms with E-state index in [0.29, 0.717) is 35.5 Å². The van der Waals surface area contributed by atoms with Crippen molar-refractivity contribution < 1.29 is 18.6 Å². The Labute approximate surface area is 144 Å². The van der Waals surface area contributed by atoms with Gasteiger partial charge in [0, 0.05) is 6.42 Å². The molecule has 6 nitrogen and oxygen atoms in total. The lowest BCUT2D eigenvalue weighted by atomic mass is 10.1. The van der Waals surface area contributed by atoms with Crippen molar-refractivity contribution in [1.82, 2.24) is 10.2 Å². The molecule has 0 atom stereocenters. The SMILES string of the molecule is COc1cc(CCc2nnc(-c3cccs3)o2)cc(OC)c1OC. The molecule has 0 unspecified atom stereocenters. The van der Waals surface area contributed by atoms with Gasteiger partial charge in [-0.15, -0.1) is 21.5 Å². The molecule has 126 valence electrons. The minimum Gasteiger partial charge on any atom is -0.493 e. The number of benzene rings is 1. The first-order valence-electron chi connectivity index (χ1n) is 7.40. The summed E-state index contributed by atoms with van der Waals surface area (Å²) in [6.07, 6.45) is 1.36. The average Bonchev–Trinajstić information content (AvgIpc) is 3.29. The molecule has 2 aromatic heterocycles. The molecule has 0 spiro atoms. The van der Waals surface area contributed by atoms with Gasteiger partial charge in [-0.2, -0.15) is 0 Å². The van der Waals surface area contributed by atoms with E-state index in [4.69, 9.17) is 18.6 Å². The lowest BCUT2D eigenvalue weighted by molar-refractivity contribution is 0.323. The van der Waals surface area contributed by atoms with E-state index in [0.717, 1.165) is 16.9 Å². The van der Waals surface area contributed by atoms with Gasteiger partial charge in [-0.3, -0.25) is 0 Å². The molecule has 0 amide bonds. The summed E-state index contributed by atoms with van der Waals surface area (Å²) in [5.74, 6) is 3.02. The zero-order valence-electron chi connectivity index (χ0n) is 13.7. The van der Waals surface area contributed by atoms with Crippen LogP contribution in [0.15, 0.2) is 34.1 Å². The van der Waals surface area contributed by atoms with E-state index in [1.54, 1.807) is 32.7 Å². The number of hydrogen-bond donors (Lipinski definition) is 0. The standard InChI is InChI=1S/C17H18N2O4S/c1-20-12-9-11(10-13(21-2)16(12)22-3)6-7-15-18-19-17(23-15)14-5-4-8-24-14/h4-5,8-10H,6-7H2,1-3H3. The molecule has 1 aromatic carbocycles. The van der Waals surface area contributed by atoms with Crippen LogP contribution >= 0.6 is 11.3 Å². The fourth-order valence-corrected chi connectivity index (χ4v) is 3.03. The zero-order chi connectivity index (χ0) is 16.9. The minimum atomic E-state index is 0.560. The summed E-state index contributed by atoms with van der Waals surface area (Å²) in [7, 11) is 4.79. The van der Waals surface area contributed by atoms with E-state index in [1.807, 2.05) is 29.6 Å². The van der Waals surface area contributed by atoms with Crippen molar-refractivity contribution >= 4 is 11.3 Å². The maximum absolute atomic E-state index is 5.71. The molecular weight excluding hydrogens is 328 g/mol. The summed E-state index contributed by atoms with van der Waals surface area (Å²) in [5, 5.41) is 10.2. The van der Waals surface area contributed by atoms with E-state index in [9.17, 15) is 0 Å². The molecule has 2 heterocycles. The van der Waals surface area contributed by atoms with E-state index >= 15 is 0 Å². The number of aryl methyl sites for hydroxylation is 2. The second kappa shape index (κ2) is 7.35. The highest BCUT2D eigenvalue weighted by Gasteiger charge is 2.14. The number of rotatable bonds is 7. The van der Waals surface area contributed by atoms with Crippen LogP contribution in [0.5, 0.6) is 17.2 Å². The van der Waals surface area contributed by atoms with Gasteiger partial charge >= 0.3 is 0 Å². The molecule has 24 heavy (non-hydrogen) atoms. The van der Waals surface area contributed by atoms with Crippen LogP contribution in [0.25, 0.3) is 10.8 Å². The monoisotopic (exact) mass is 346 g/mol. The average molecular weight is 346 g/mol. The van der Waals surface area contributed by atoms with Gasteiger partial charge in [0.05, 0.1) is 26.2 Å². The first kappa shape index (κ1) is 16.3. The number of hydrogen-bond acceptors (Lipinski definition) is 7.